The van der Waals surface area contributed by atoms with Crippen molar-refractivity contribution in [2.45, 2.75) is 6.18 Å². The van der Waals surface area contributed by atoms with Crippen LogP contribution in [0.5, 0.6) is 0 Å². The lowest BCUT2D eigenvalue weighted by Gasteiger charge is -2.08. The Morgan fingerprint density at radius 2 is 1.63 bits per heavy atom. The molecule has 0 unspecified atom stereocenters. The average Bonchev–Trinajstić information content (AvgIpc) is 2.37. The summed E-state index contributed by atoms with van der Waals surface area (Å²) in [6.07, 6.45) is -4.48. The zero-order chi connectivity index (χ0) is 13.6. The molecule has 0 N–H and O–H groups in total. The van der Waals surface area contributed by atoms with E-state index in [0.29, 0.717) is 10.2 Å². The smallest absolute Gasteiger partial charge is 0.416 e. The minimum atomic E-state index is -4.48. The Kier molecular flexibility index (Phi) is 2.35. The van der Waals surface area contributed by atoms with E-state index in [1.807, 2.05) is 0 Å². The number of nitrogens with zero attached hydrogens (tertiary/aromatic N) is 2. The van der Waals surface area contributed by atoms with E-state index in [0.717, 1.165) is 12.1 Å². The molecule has 3 rings (SSSR count). The highest BCUT2D eigenvalue weighted by atomic mass is 19.4. The highest BCUT2D eigenvalue weighted by Gasteiger charge is 2.31. The number of rotatable bonds is 0. The second kappa shape index (κ2) is 3.81. The number of halogens is 3. The summed E-state index contributed by atoms with van der Waals surface area (Å²) >= 11 is 0. The standard InChI is InChI=1S/C13H7F3N2O/c14-13(15,16)8-5-6-10-12(7-8)18(19)11-4-2-1-3-9(11)17-10/h1-7H. The molecular weight excluding hydrogens is 257 g/mol. The number of hydrogen-bond donors (Lipinski definition) is 0. The topological polar surface area (TPSA) is 39.8 Å². The number of hydrogen-bond acceptors (Lipinski definition) is 2. The second-order valence-corrected chi connectivity index (χ2v) is 4.10. The monoisotopic (exact) mass is 264 g/mol. The predicted molar refractivity (Wildman–Crippen MR) is 63.2 cm³/mol. The summed E-state index contributed by atoms with van der Waals surface area (Å²) in [7, 11) is 0. The molecular formula is C13H7F3N2O. The molecule has 96 valence electrons. The Morgan fingerprint density at radius 3 is 2.37 bits per heavy atom. The Balaban J connectivity index is 2.40. The van der Waals surface area contributed by atoms with Gasteiger partial charge in [0.15, 0.2) is 0 Å². The molecule has 0 aliphatic carbocycles. The molecule has 0 bridgehead atoms. The molecule has 0 spiro atoms. The summed E-state index contributed by atoms with van der Waals surface area (Å²) < 4.78 is 38.4. The van der Waals surface area contributed by atoms with Crippen molar-refractivity contribution in [2.75, 3.05) is 0 Å². The van der Waals surface area contributed by atoms with Crippen molar-refractivity contribution < 1.29 is 17.9 Å². The van der Waals surface area contributed by atoms with Crippen molar-refractivity contribution in [3.8, 4) is 0 Å². The highest BCUT2D eigenvalue weighted by molar-refractivity contribution is 5.81. The van der Waals surface area contributed by atoms with E-state index in [-0.39, 0.29) is 16.6 Å². The molecule has 0 aliphatic rings. The fraction of sp³-hybridized carbons (Fsp3) is 0.0769. The van der Waals surface area contributed by atoms with Crippen LogP contribution in [0.2, 0.25) is 0 Å². The summed E-state index contributed by atoms with van der Waals surface area (Å²) in [5, 5.41) is 12.1. The quantitative estimate of drug-likeness (QED) is 0.355. The van der Waals surface area contributed by atoms with Crippen LogP contribution in [0, 0.1) is 5.21 Å². The van der Waals surface area contributed by atoms with Crippen LogP contribution in [0.3, 0.4) is 0 Å². The fourth-order valence-corrected chi connectivity index (χ4v) is 1.95. The Labute approximate surface area is 105 Å². The summed E-state index contributed by atoms with van der Waals surface area (Å²) in [6, 6.07) is 9.46. The van der Waals surface area contributed by atoms with Crippen molar-refractivity contribution in [2.24, 2.45) is 0 Å². The average molecular weight is 264 g/mol. The van der Waals surface area contributed by atoms with E-state index >= 15 is 0 Å². The van der Waals surface area contributed by atoms with Gasteiger partial charge in [0.05, 0.1) is 5.56 Å². The van der Waals surface area contributed by atoms with Crippen LogP contribution in [0.1, 0.15) is 5.56 Å². The fourth-order valence-electron chi connectivity index (χ4n) is 1.95. The van der Waals surface area contributed by atoms with Crippen LogP contribution < -0.4 is 4.73 Å². The third-order valence-corrected chi connectivity index (χ3v) is 2.86. The lowest BCUT2D eigenvalue weighted by Crippen LogP contribution is -2.29. The van der Waals surface area contributed by atoms with Gasteiger partial charge in [0, 0.05) is 12.1 Å². The summed E-state index contributed by atoms with van der Waals surface area (Å²) in [6.45, 7) is 0. The van der Waals surface area contributed by atoms with Crippen molar-refractivity contribution in [3.05, 3.63) is 53.2 Å². The predicted octanol–water partition coefficient (Wildman–Crippen LogP) is 3.04. The largest absolute Gasteiger partial charge is 0.618 e. The SMILES string of the molecule is [O-][n+]1c2ccccc2nc2ccc(C(F)(F)F)cc21. The van der Waals surface area contributed by atoms with E-state index in [1.54, 1.807) is 18.2 Å². The highest BCUT2D eigenvalue weighted by Crippen LogP contribution is 2.30. The van der Waals surface area contributed by atoms with Crippen LogP contribution in [-0.4, -0.2) is 4.98 Å². The normalized spacial score (nSPS) is 12.2. The first-order valence-corrected chi connectivity index (χ1v) is 5.46. The molecule has 19 heavy (non-hydrogen) atoms. The van der Waals surface area contributed by atoms with Crippen LogP contribution in [0.15, 0.2) is 42.5 Å². The van der Waals surface area contributed by atoms with Gasteiger partial charge in [-0.2, -0.15) is 17.9 Å². The molecule has 0 fully saturated rings. The number of alkyl halides is 3. The second-order valence-electron chi connectivity index (χ2n) is 4.10. The van der Waals surface area contributed by atoms with Gasteiger partial charge in [-0.25, -0.2) is 4.98 Å². The van der Waals surface area contributed by atoms with Gasteiger partial charge in [-0.1, -0.05) is 12.1 Å². The zero-order valence-electron chi connectivity index (χ0n) is 9.48. The van der Waals surface area contributed by atoms with Gasteiger partial charge in [0.25, 0.3) is 0 Å². The van der Waals surface area contributed by atoms with Gasteiger partial charge in [0.2, 0.25) is 11.0 Å². The van der Waals surface area contributed by atoms with Crippen LogP contribution in [0.25, 0.3) is 22.1 Å². The number of benzene rings is 2. The zero-order valence-corrected chi connectivity index (χ0v) is 9.48. The Morgan fingerprint density at radius 1 is 0.947 bits per heavy atom. The summed E-state index contributed by atoms with van der Waals surface area (Å²) in [4.78, 5) is 4.17. The number of para-hydroxylation sites is 2. The van der Waals surface area contributed by atoms with E-state index < -0.39 is 11.7 Å². The molecule has 1 aromatic heterocycles. The molecule has 6 heteroatoms. The van der Waals surface area contributed by atoms with Gasteiger partial charge in [-0.05, 0) is 18.2 Å². The summed E-state index contributed by atoms with van der Waals surface area (Å²) in [5.41, 5.74) is -0.0176. The van der Waals surface area contributed by atoms with Crippen molar-refractivity contribution >= 4 is 22.1 Å². The first-order chi connectivity index (χ1) is 8.97. The van der Waals surface area contributed by atoms with Gasteiger partial charge in [-0.15, -0.1) is 0 Å². The van der Waals surface area contributed by atoms with Crippen molar-refractivity contribution in [1.82, 2.24) is 4.98 Å². The molecule has 0 atom stereocenters. The maximum Gasteiger partial charge on any atom is 0.416 e. The van der Waals surface area contributed by atoms with Crippen molar-refractivity contribution in [1.29, 1.82) is 0 Å². The Bertz CT molecular complexity index is 784. The minimum Gasteiger partial charge on any atom is -0.618 e. The Hall–Kier alpha value is -2.37. The molecule has 0 amide bonds. The van der Waals surface area contributed by atoms with Crippen molar-refractivity contribution in [3.63, 3.8) is 0 Å². The van der Waals surface area contributed by atoms with E-state index in [2.05, 4.69) is 4.98 Å². The van der Waals surface area contributed by atoms with E-state index in [1.165, 1.54) is 12.1 Å². The molecule has 3 aromatic rings. The third kappa shape index (κ3) is 1.85. The van der Waals surface area contributed by atoms with E-state index in [9.17, 15) is 18.4 Å². The van der Waals surface area contributed by atoms with Crippen LogP contribution in [0.4, 0.5) is 13.2 Å². The third-order valence-electron chi connectivity index (χ3n) is 2.86. The van der Waals surface area contributed by atoms with Gasteiger partial charge in [0.1, 0.15) is 11.0 Å². The van der Waals surface area contributed by atoms with Crippen LogP contribution in [-0.2, 0) is 6.18 Å². The maximum atomic E-state index is 12.6. The molecule has 0 aliphatic heterocycles. The van der Waals surface area contributed by atoms with Crippen LogP contribution >= 0.6 is 0 Å². The van der Waals surface area contributed by atoms with E-state index in [4.69, 9.17) is 0 Å². The lowest BCUT2D eigenvalue weighted by atomic mass is 10.1. The van der Waals surface area contributed by atoms with Gasteiger partial charge in [-0.3, -0.25) is 0 Å². The first kappa shape index (κ1) is 11.7. The lowest BCUT2D eigenvalue weighted by molar-refractivity contribution is -0.548. The number of fused-ring (bicyclic) bond motifs is 2. The molecule has 0 saturated carbocycles. The van der Waals surface area contributed by atoms with Gasteiger partial charge < -0.3 is 5.21 Å². The molecule has 0 radical (unpaired) electrons. The summed E-state index contributed by atoms with van der Waals surface area (Å²) in [5.74, 6) is 0. The van der Waals surface area contributed by atoms with Gasteiger partial charge >= 0.3 is 6.18 Å². The first-order valence-electron chi connectivity index (χ1n) is 5.46. The molecule has 3 nitrogen and oxygen atoms in total. The maximum absolute atomic E-state index is 12.6. The molecule has 2 aromatic carbocycles. The minimum absolute atomic E-state index is 0.0893. The molecule has 0 saturated heterocycles. The number of aromatic nitrogens is 2. The molecule has 1 heterocycles.